The van der Waals surface area contributed by atoms with Gasteiger partial charge in [-0.3, -0.25) is 4.90 Å². The first-order chi connectivity index (χ1) is 12.7. The van der Waals surface area contributed by atoms with Gasteiger partial charge in [-0.2, -0.15) is 5.10 Å². The molecule has 2 aromatic carbocycles. The maximum atomic E-state index is 11.0. The SMILES string of the molecule is O=C(O)c1ccc(C2CCN(Cc3cccc(-n4cccn4)c3)C2)cc1. The lowest BCUT2D eigenvalue weighted by Crippen LogP contribution is -2.19. The van der Waals surface area contributed by atoms with Gasteiger partial charge < -0.3 is 5.11 Å². The maximum absolute atomic E-state index is 11.0. The smallest absolute Gasteiger partial charge is 0.335 e. The Hall–Kier alpha value is -2.92. The zero-order valence-corrected chi connectivity index (χ0v) is 14.5. The van der Waals surface area contributed by atoms with Crippen molar-refractivity contribution in [1.82, 2.24) is 14.7 Å². The molecule has 26 heavy (non-hydrogen) atoms. The summed E-state index contributed by atoms with van der Waals surface area (Å²) >= 11 is 0. The average molecular weight is 347 g/mol. The van der Waals surface area contributed by atoms with E-state index in [2.05, 4.69) is 34.3 Å². The van der Waals surface area contributed by atoms with E-state index in [0.717, 1.165) is 31.7 Å². The van der Waals surface area contributed by atoms with Crippen molar-refractivity contribution in [3.63, 3.8) is 0 Å². The topological polar surface area (TPSA) is 58.4 Å². The van der Waals surface area contributed by atoms with Crippen molar-refractivity contribution in [3.05, 3.63) is 83.7 Å². The third-order valence-electron chi connectivity index (χ3n) is 4.99. The molecule has 1 aromatic heterocycles. The van der Waals surface area contributed by atoms with Crippen LogP contribution in [0.4, 0.5) is 0 Å². The lowest BCUT2D eigenvalue weighted by atomic mass is 9.97. The highest BCUT2D eigenvalue weighted by atomic mass is 16.4. The predicted octanol–water partition coefficient (Wildman–Crippen LogP) is 3.56. The van der Waals surface area contributed by atoms with E-state index in [4.69, 9.17) is 5.11 Å². The van der Waals surface area contributed by atoms with Gasteiger partial charge in [-0.05, 0) is 60.3 Å². The molecule has 5 heteroatoms. The summed E-state index contributed by atoms with van der Waals surface area (Å²) in [5.41, 5.74) is 3.93. The first kappa shape index (κ1) is 16.5. The fourth-order valence-electron chi connectivity index (χ4n) is 3.62. The molecule has 1 unspecified atom stereocenters. The van der Waals surface area contributed by atoms with Gasteiger partial charge >= 0.3 is 5.97 Å². The van der Waals surface area contributed by atoms with E-state index in [1.54, 1.807) is 18.3 Å². The largest absolute Gasteiger partial charge is 0.478 e. The molecule has 5 nitrogen and oxygen atoms in total. The van der Waals surface area contributed by atoms with Crippen LogP contribution in [0.1, 0.15) is 33.8 Å². The predicted molar refractivity (Wildman–Crippen MR) is 99.6 cm³/mol. The number of hydrogen-bond donors (Lipinski definition) is 1. The maximum Gasteiger partial charge on any atom is 0.335 e. The summed E-state index contributed by atoms with van der Waals surface area (Å²) in [4.78, 5) is 13.4. The highest BCUT2D eigenvalue weighted by molar-refractivity contribution is 5.87. The van der Waals surface area contributed by atoms with Crippen LogP contribution in [-0.4, -0.2) is 38.8 Å². The molecule has 1 aliphatic rings. The minimum Gasteiger partial charge on any atom is -0.478 e. The summed E-state index contributed by atoms with van der Waals surface area (Å²) in [7, 11) is 0. The zero-order valence-electron chi connectivity index (χ0n) is 14.5. The number of rotatable bonds is 5. The van der Waals surface area contributed by atoms with Crippen LogP contribution in [0.3, 0.4) is 0 Å². The minimum absolute atomic E-state index is 0.346. The van der Waals surface area contributed by atoms with Crippen LogP contribution < -0.4 is 0 Å². The minimum atomic E-state index is -0.873. The number of benzene rings is 2. The van der Waals surface area contributed by atoms with E-state index < -0.39 is 5.97 Å². The molecular formula is C21H21N3O2. The number of carbonyl (C=O) groups is 1. The summed E-state index contributed by atoms with van der Waals surface area (Å²) in [5.74, 6) is -0.409. The Morgan fingerprint density at radius 2 is 2.00 bits per heavy atom. The second-order valence-electron chi connectivity index (χ2n) is 6.77. The highest BCUT2D eigenvalue weighted by Crippen LogP contribution is 2.28. The van der Waals surface area contributed by atoms with Crippen LogP contribution in [0.2, 0.25) is 0 Å². The number of carboxylic acid groups (broad SMARTS) is 1. The van der Waals surface area contributed by atoms with Crippen molar-refractivity contribution < 1.29 is 9.90 Å². The number of likely N-dealkylation sites (tertiary alicyclic amines) is 1. The Morgan fingerprint density at radius 3 is 2.73 bits per heavy atom. The Labute approximate surface area is 152 Å². The summed E-state index contributed by atoms with van der Waals surface area (Å²) in [6, 6.07) is 17.7. The van der Waals surface area contributed by atoms with E-state index >= 15 is 0 Å². The third kappa shape index (κ3) is 3.53. The van der Waals surface area contributed by atoms with E-state index in [9.17, 15) is 4.79 Å². The third-order valence-corrected chi connectivity index (χ3v) is 4.99. The van der Waals surface area contributed by atoms with Crippen LogP contribution in [0, 0.1) is 0 Å². The van der Waals surface area contributed by atoms with Crippen LogP contribution >= 0.6 is 0 Å². The molecule has 132 valence electrons. The van der Waals surface area contributed by atoms with Gasteiger partial charge in [0.05, 0.1) is 11.3 Å². The van der Waals surface area contributed by atoms with Crippen molar-refractivity contribution in [3.8, 4) is 5.69 Å². The molecule has 1 atom stereocenters. The van der Waals surface area contributed by atoms with Gasteiger partial charge in [0.25, 0.3) is 0 Å². The van der Waals surface area contributed by atoms with Gasteiger partial charge in [-0.1, -0.05) is 24.3 Å². The van der Waals surface area contributed by atoms with Gasteiger partial charge in [0.1, 0.15) is 0 Å². The summed E-state index contributed by atoms with van der Waals surface area (Å²) in [5, 5.41) is 13.3. The molecule has 0 radical (unpaired) electrons. The van der Waals surface area contributed by atoms with E-state index in [1.807, 2.05) is 29.1 Å². The number of carboxylic acids is 1. The molecule has 0 spiro atoms. The second kappa shape index (κ2) is 7.14. The van der Waals surface area contributed by atoms with Crippen molar-refractivity contribution in [2.45, 2.75) is 18.9 Å². The first-order valence-corrected chi connectivity index (χ1v) is 8.83. The number of hydrogen-bond acceptors (Lipinski definition) is 3. The molecule has 4 rings (SSSR count). The molecule has 1 N–H and O–H groups in total. The molecule has 3 aromatic rings. The van der Waals surface area contributed by atoms with E-state index in [0.29, 0.717) is 11.5 Å². The molecule has 1 fully saturated rings. The molecule has 1 saturated heterocycles. The van der Waals surface area contributed by atoms with Crippen molar-refractivity contribution in [2.24, 2.45) is 0 Å². The van der Waals surface area contributed by atoms with Gasteiger partial charge in [0.15, 0.2) is 0 Å². The Bertz CT molecular complexity index is 888. The molecule has 0 saturated carbocycles. The summed E-state index contributed by atoms with van der Waals surface area (Å²) in [6.07, 6.45) is 4.84. The van der Waals surface area contributed by atoms with Crippen molar-refractivity contribution in [1.29, 1.82) is 0 Å². The van der Waals surface area contributed by atoms with E-state index in [-0.39, 0.29) is 0 Å². The van der Waals surface area contributed by atoms with Crippen LogP contribution in [0.15, 0.2) is 67.0 Å². The lowest BCUT2D eigenvalue weighted by molar-refractivity contribution is 0.0697. The van der Waals surface area contributed by atoms with E-state index in [1.165, 1.54) is 11.1 Å². The van der Waals surface area contributed by atoms with Crippen LogP contribution in [-0.2, 0) is 6.54 Å². The molecule has 1 aliphatic heterocycles. The van der Waals surface area contributed by atoms with Gasteiger partial charge in [0, 0.05) is 25.5 Å². The molecular weight excluding hydrogens is 326 g/mol. The monoisotopic (exact) mass is 347 g/mol. The molecule has 0 bridgehead atoms. The van der Waals surface area contributed by atoms with Gasteiger partial charge in [0.2, 0.25) is 0 Å². The Morgan fingerprint density at radius 1 is 1.15 bits per heavy atom. The number of aromatic carboxylic acids is 1. The fraction of sp³-hybridized carbons (Fsp3) is 0.238. The summed E-state index contributed by atoms with van der Waals surface area (Å²) < 4.78 is 1.88. The Balaban J connectivity index is 1.41. The highest BCUT2D eigenvalue weighted by Gasteiger charge is 2.24. The van der Waals surface area contributed by atoms with Crippen molar-refractivity contribution >= 4 is 5.97 Å². The van der Waals surface area contributed by atoms with Gasteiger partial charge in [-0.15, -0.1) is 0 Å². The molecule has 0 aliphatic carbocycles. The number of aromatic nitrogens is 2. The normalized spacial score (nSPS) is 17.5. The number of nitrogens with zero attached hydrogens (tertiary/aromatic N) is 3. The molecule has 2 heterocycles. The quantitative estimate of drug-likeness (QED) is 0.767. The first-order valence-electron chi connectivity index (χ1n) is 8.83. The standard InChI is InChI=1S/C21H21N3O2/c25-21(26)18-7-5-17(6-8-18)19-9-12-23(15-19)14-16-3-1-4-20(13-16)24-11-2-10-22-24/h1-8,10-11,13,19H,9,12,14-15H2,(H,25,26). The van der Waals surface area contributed by atoms with Crippen LogP contribution in [0.5, 0.6) is 0 Å². The summed E-state index contributed by atoms with van der Waals surface area (Å²) in [6.45, 7) is 2.97. The Kier molecular flexibility index (Phi) is 4.54. The van der Waals surface area contributed by atoms with Crippen LogP contribution in [0.25, 0.3) is 5.69 Å². The lowest BCUT2D eigenvalue weighted by Gasteiger charge is -2.17. The molecule has 0 amide bonds. The second-order valence-corrected chi connectivity index (χ2v) is 6.77. The van der Waals surface area contributed by atoms with Gasteiger partial charge in [-0.25, -0.2) is 9.48 Å². The average Bonchev–Trinajstić information content (AvgIpc) is 3.34. The zero-order chi connectivity index (χ0) is 17.9. The fourth-order valence-corrected chi connectivity index (χ4v) is 3.62. The van der Waals surface area contributed by atoms with Crippen molar-refractivity contribution in [2.75, 3.05) is 13.1 Å².